The van der Waals surface area contributed by atoms with E-state index in [0.29, 0.717) is 17.9 Å². The Morgan fingerprint density at radius 3 is 2.42 bits per heavy atom. The zero-order valence-corrected chi connectivity index (χ0v) is 16.9. The van der Waals surface area contributed by atoms with Crippen LogP contribution in [0.1, 0.15) is 23.4 Å². The molecule has 1 heterocycles. The van der Waals surface area contributed by atoms with Gasteiger partial charge in [-0.15, -0.1) is 0 Å². The summed E-state index contributed by atoms with van der Waals surface area (Å²) in [6, 6.07) is 13.3. The van der Waals surface area contributed by atoms with Crippen LogP contribution < -0.4 is 10.1 Å². The SMILES string of the molecule is Cn1ccnc1[C@@](O)(CCNCc1ccc(OCc2ccccc2F)cc1)C(F)(F)F. The molecule has 1 atom stereocenters. The summed E-state index contributed by atoms with van der Waals surface area (Å²) in [4.78, 5) is 3.67. The summed E-state index contributed by atoms with van der Waals surface area (Å²) in [5, 5.41) is 13.2. The van der Waals surface area contributed by atoms with E-state index in [2.05, 4.69) is 10.3 Å². The number of nitrogens with zero attached hydrogens (tertiary/aromatic N) is 2. The Morgan fingerprint density at radius 1 is 1.10 bits per heavy atom. The highest BCUT2D eigenvalue weighted by molar-refractivity contribution is 5.28. The monoisotopic (exact) mass is 437 g/mol. The van der Waals surface area contributed by atoms with Crippen LogP contribution in [0.4, 0.5) is 17.6 Å². The van der Waals surface area contributed by atoms with Gasteiger partial charge in [-0.05, 0) is 30.3 Å². The molecule has 2 N–H and O–H groups in total. The fraction of sp³-hybridized carbons (Fsp3) is 0.318. The third kappa shape index (κ3) is 5.42. The highest BCUT2D eigenvalue weighted by Crippen LogP contribution is 2.40. The van der Waals surface area contributed by atoms with Crippen LogP contribution in [0.15, 0.2) is 60.9 Å². The summed E-state index contributed by atoms with van der Waals surface area (Å²) in [6.45, 7) is 0.323. The molecule has 0 aliphatic heterocycles. The zero-order valence-electron chi connectivity index (χ0n) is 16.9. The van der Waals surface area contributed by atoms with Crippen molar-refractivity contribution in [1.29, 1.82) is 0 Å². The molecule has 0 aliphatic carbocycles. The Bertz CT molecular complexity index is 989. The quantitative estimate of drug-likeness (QED) is 0.392. The first-order valence-corrected chi connectivity index (χ1v) is 9.63. The Hall–Kier alpha value is -2.91. The molecule has 0 fully saturated rings. The lowest BCUT2D eigenvalue weighted by atomic mass is 9.97. The topological polar surface area (TPSA) is 59.3 Å². The van der Waals surface area contributed by atoms with Crippen LogP contribution in [-0.2, 0) is 25.8 Å². The molecular weight excluding hydrogens is 414 g/mol. The van der Waals surface area contributed by atoms with Crippen LogP contribution in [0.3, 0.4) is 0 Å². The van der Waals surface area contributed by atoms with Crippen LogP contribution in [-0.4, -0.2) is 27.4 Å². The van der Waals surface area contributed by atoms with Crippen molar-refractivity contribution in [3.8, 4) is 5.75 Å². The van der Waals surface area contributed by atoms with E-state index in [9.17, 15) is 22.7 Å². The normalized spacial score (nSPS) is 13.7. The predicted molar refractivity (Wildman–Crippen MR) is 107 cm³/mol. The van der Waals surface area contributed by atoms with Gasteiger partial charge in [0.05, 0.1) is 0 Å². The number of aromatic nitrogens is 2. The third-order valence-corrected chi connectivity index (χ3v) is 4.93. The number of benzene rings is 2. The van der Waals surface area contributed by atoms with Gasteiger partial charge >= 0.3 is 6.18 Å². The number of aryl methyl sites for hydroxylation is 1. The van der Waals surface area contributed by atoms with E-state index >= 15 is 0 Å². The summed E-state index contributed by atoms with van der Waals surface area (Å²) < 4.78 is 60.8. The maximum absolute atomic E-state index is 13.6. The van der Waals surface area contributed by atoms with Gasteiger partial charge in [-0.1, -0.05) is 30.3 Å². The van der Waals surface area contributed by atoms with Crippen molar-refractivity contribution in [2.75, 3.05) is 6.54 Å². The maximum atomic E-state index is 13.6. The minimum absolute atomic E-state index is 0.0750. The highest BCUT2D eigenvalue weighted by atomic mass is 19.4. The summed E-state index contributed by atoms with van der Waals surface area (Å²) in [5.41, 5.74) is -1.77. The second kappa shape index (κ2) is 9.49. The Kier molecular flexibility index (Phi) is 6.97. The van der Waals surface area contributed by atoms with Crippen molar-refractivity contribution >= 4 is 0 Å². The minimum Gasteiger partial charge on any atom is -0.489 e. The largest absolute Gasteiger partial charge is 0.489 e. The number of alkyl halides is 3. The Balaban J connectivity index is 1.51. The van der Waals surface area contributed by atoms with Gasteiger partial charge in [0.1, 0.15) is 24.0 Å². The first-order chi connectivity index (χ1) is 14.7. The van der Waals surface area contributed by atoms with Gasteiger partial charge in [0.2, 0.25) is 5.60 Å². The fourth-order valence-corrected chi connectivity index (χ4v) is 3.13. The number of hydrogen-bond donors (Lipinski definition) is 2. The summed E-state index contributed by atoms with van der Waals surface area (Å²) >= 11 is 0. The van der Waals surface area contributed by atoms with Gasteiger partial charge in [0, 0.05) is 38.0 Å². The van der Waals surface area contributed by atoms with E-state index in [1.165, 1.54) is 25.5 Å². The van der Waals surface area contributed by atoms with Crippen molar-refractivity contribution < 1.29 is 27.4 Å². The lowest BCUT2D eigenvalue weighted by molar-refractivity contribution is -0.272. The van der Waals surface area contributed by atoms with Gasteiger partial charge in [-0.3, -0.25) is 0 Å². The first kappa shape index (κ1) is 22.8. The van der Waals surface area contributed by atoms with E-state index in [1.807, 2.05) is 0 Å². The molecule has 0 saturated carbocycles. The van der Waals surface area contributed by atoms with Crippen molar-refractivity contribution in [3.63, 3.8) is 0 Å². The highest BCUT2D eigenvalue weighted by Gasteiger charge is 2.56. The standard InChI is InChI=1S/C22H23F4N3O2/c1-29-13-12-28-20(29)21(30,22(24,25)26)10-11-27-14-16-6-8-18(9-7-16)31-15-17-4-2-3-5-19(17)23/h2-9,12-13,27,30H,10-11,14-15H2,1H3/t21-/m0/s1. The number of hydrogen-bond acceptors (Lipinski definition) is 4. The molecule has 9 heteroatoms. The van der Waals surface area contributed by atoms with E-state index in [4.69, 9.17) is 4.74 Å². The lowest BCUT2D eigenvalue weighted by Crippen LogP contribution is -2.46. The molecular formula is C22H23F4N3O2. The molecule has 0 amide bonds. The molecule has 0 unspecified atom stereocenters. The summed E-state index contributed by atoms with van der Waals surface area (Å²) in [6.07, 6.45) is -2.86. The first-order valence-electron chi connectivity index (χ1n) is 9.63. The molecule has 31 heavy (non-hydrogen) atoms. The number of nitrogens with one attached hydrogen (secondary N) is 1. The third-order valence-electron chi connectivity index (χ3n) is 4.93. The molecule has 0 saturated heterocycles. The molecule has 2 aromatic carbocycles. The molecule has 0 radical (unpaired) electrons. The van der Waals surface area contributed by atoms with E-state index in [0.717, 1.165) is 10.1 Å². The van der Waals surface area contributed by atoms with Crippen molar-refractivity contribution in [3.05, 3.63) is 83.7 Å². The van der Waals surface area contributed by atoms with E-state index in [1.54, 1.807) is 42.5 Å². The molecule has 0 bridgehead atoms. The van der Waals surface area contributed by atoms with E-state index in [-0.39, 0.29) is 19.0 Å². The minimum atomic E-state index is -4.86. The molecule has 3 aromatic rings. The number of ether oxygens (including phenoxy) is 1. The van der Waals surface area contributed by atoms with Crippen LogP contribution in [0, 0.1) is 5.82 Å². The smallest absolute Gasteiger partial charge is 0.424 e. The molecule has 1 aromatic heterocycles. The summed E-state index contributed by atoms with van der Waals surface area (Å²) in [5.74, 6) is -0.237. The average molecular weight is 437 g/mol. The van der Waals surface area contributed by atoms with Gasteiger partial charge in [0.15, 0.2) is 0 Å². The second-order valence-electron chi connectivity index (χ2n) is 7.17. The maximum Gasteiger partial charge on any atom is 0.424 e. The van der Waals surface area contributed by atoms with Crippen LogP contribution in [0.5, 0.6) is 5.75 Å². The molecule has 3 rings (SSSR count). The number of imidazole rings is 1. The molecule has 5 nitrogen and oxygen atoms in total. The summed E-state index contributed by atoms with van der Waals surface area (Å²) in [7, 11) is 1.41. The van der Waals surface area contributed by atoms with Crippen molar-refractivity contribution in [1.82, 2.24) is 14.9 Å². The number of halogens is 4. The van der Waals surface area contributed by atoms with Crippen molar-refractivity contribution in [2.24, 2.45) is 7.05 Å². The second-order valence-corrected chi connectivity index (χ2v) is 7.17. The zero-order chi connectivity index (χ0) is 22.5. The lowest BCUT2D eigenvalue weighted by Gasteiger charge is -2.30. The molecule has 0 spiro atoms. The number of aliphatic hydroxyl groups is 1. The van der Waals surface area contributed by atoms with Crippen LogP contribution in [0.25, 0.3) is 0 Å². The number of rotatable bonds is 9. The fourth-order valence-electron chi connectivity index (χ4n) is 3.13. The molecule has 0 aliphatic rings. The predicted octanol–water partition coefficient (Wildman–Crippen LogP) is 4.07. The Labute approximate surface area is 177 Å². The average Bonchev–Trinajstić information content (AvgIpc) is 3.17. The van der Waals surface area contributed by atoms with Crippen molar-refractivity contribution in [2.45, 2.75) is 31.3 Å². The van der Waals surface area contributed by atoms with Gasteiger partial charge in [-0.25, -0.2) is 9.37 Å². The van der Waals surface area contributed by atoms with Gasteiger partial charge < -0.3 is 19.7 Å². The van der Waals surface area contributed by atoms with Crippen LogP contribution >= 0.6 is 0 Å². The van der Waals surface area contributed by atoms with E-state index < -0.39 is 24.0 Å². The van der Waals surface area contributed by atoms with Gasteiger partial charge in [-0.2, -0.15) is 13.2 Å². The van der Waals surface area contributed by atoms with Crippen LogP contribution in [0.2, 0.25) is 0 Å². The van der Waals surface area contributed by atoms with Gasteiger partial charge in [0.25, 0.3) is 0 Å². The molecule has 166 valence electrons. The Morgan fingerprint density at radius 2 is 1.81 bits per heavy atom.